The fraction of sp³-hybridized carbons (Fsp3) is 0.143. The number of benzene rings is 2. The second kappa shape index (κ2) is 10.5. The van der Waals surface area contributed by atoms with Crippen LogP contribution in [0.1, 0.15) is 30.0 Å². The van der Waals surface area contributed by atoms with Gasteiger partial charge < -0.3 is 9.73 Å². The second-order valence-corrected chi connectivity index (χ2v) is 5.94. The summed E-state index contributed by atoms with van der Waals surface area (Å²) in [4.78, 5) is 0. The maximum Gasteiger partial charge on any atom is 0.247 e. The summed E-state index contributed by atoms with van der Waals surface area (Å²) in [6.45, 7) is 6.67. The molecule has 0 aliphatic rings. The van der Waals surface area contributed by atoms with Crippen molar-refractivity contribution in [2.75, 3.05) is 11.9 Å². The molecular formula is C21H18ClN5O. The smallest absolute Gasteiger partial charge is 0.247 e. The van der Waals surface area contributed by atoms with E-state index in [4.69, 9.17) is 26.5 Å². The van der Waals surface area contributed by atoms with E-state index in [1.165, 1.54) is 6.39 Å². The molecular weight excluding hydrogens is 374 g/mol. The lowest BCUT2D eigenvalue weighted by Crippen LogP contribution is -2.02. The van der Waals surface area contributed by atoms with E-state index in [1.807, 2.05) is 18.2 Å². The van der Waals surface area contributed by atoms with Crippen molar-refractivity contribution in [3.8, 4) is 23.6 Å². The highest BCUT2D eigenvalue weighted by molar-refractivity contribution is 6.33. The Morgan fingerprint density at radius 1 is 1.18 bits per heavy atom. The highest BCUT2D eigenvalue weighted by Crippen LogP contribution is 2.28. The van der Waals surface area contributed by atoms with Gasteiger partial charge in [-0.05, 0) is 42.8 Å². The van der Waals surface area contributed by atoms with Crippen molar-refractivity contribution in [1.82, 2.24) is 10.2 Å². The standard InChI is InChI=1S/C12H13ClN2.C9H5N3O/c1-3-7-15-11-6-5-9(8-14)12(13)10(11)4-2;10-5-7-1-3-8(4-2-7)9-12-11-6-13-9/h4-6,15H,2-3,7H2,1H3;1-4,6H. The third-order valence-corrected chi connectivity index (χ3v) is 4.10. The topological polar surface area (TPSA) is 98.5 Å². The molecule has 0 radical (unpaired) electrons. The number of hydrogen-bond acceptors (Lipinski definition) is 6. The molecule has 1 N–H and O–H groups in total. The molecule has 0 aliphatic carbocycles. The van der Waals surface area contributed by atoms with Crippen molar-refractivity contribution in [3.05, 3.63) is 71.1 Å². The Balaban J connectivity index is 0.000000202. The molecule has 0 amide bonds. The lowest BCUT2D eigenvalue weighted by molar-refractivity contribution is 0.568. The molecule has 3 rings (SSSR count). The highest BCUT2D eigenvalue weighted by Gasteiger charge is 2.08. The molecule has 7 heteroatoms. The number of hydrogen-bond donors (Lipinski definition) is 1. The minimum absolute atomic E-state index is 0.462. The number of aromatic nitrogens is 2. The van der Waals surface area contributed by atoms with Crippen molar-refractivity contribution in [3.63, 3.8) is 0 Å². The quantitative estimate of drug-likeness (QED) is 0.634. The van der Waals surface area contributed by atoms with Gasteiger partial charge in [0.1, 0.15) is 6.07 Å². The van der Waals surface area contributed by atoms with Crippen LogP contribution in [0.2, 0.25) is 5.02 Å². The van der Waals surface area contributed by atoms with Crippen molar-refractivity contribution in [2.24, 2.45) is 0 Å². The van der Waals surface area contributed by atoms with Gasteiger partial charge in [0.05, 0.1) is 22.2 Å². The summed E-state index contributed by atoms with van der Waals surface area (Å²) in [5, 5.41) is 28.4. The Morgan fingerprint density at radius 2 is 1.93 bits per heavy atom. The Hall–Kier alpha value is -3.61. The first-order valence-corrected chi connectivity index (χ1v) is 8.88. The molecule has 0 bridgehead atoms. The van der Waals surface area contributed by atoms with E-state index in [-0.39, 0.29) is 0 Å². The van der Waals surface area contributed by atoms with Crippen LogP contribution in [0.3, 0.4) is 0 Å². The van der Waals surface area contributed by atoms with Crippen LogP contribution < -0.4 is 5.32 Å². The van der Waals surface area contributed by atoms with E-state index >= 15 is 0 Å². The van der Waals surface area contributed by atoms with Crippen molar-refractivity contribution < 1.29 is 4.42 Å². The van der Waals surface area contributed by atoms with Gasteiger partial charge >= 0.3 is 0 Å². The minimum atomic E-state index is 0.462. The molecule has 1 aromatic heterocycles. The van der Waals surface area contributed by atoms with Gasteiger partial charge in [-0.25, -0.2) is 0 Å². The summed E-state index contributed by atoms with van der Waals surface area (Å²) in [6.07, 6.45) is 3.98. The third-order valence-electron chi connectivity index (χ3n) is 3.69. The van der Waals surface area contributed by atoms with Gasteiger partial charge in [-0.1, -0.05) is 31.2 Å². The molecule has 2 aromatic carbocycles. The molecule has 0 aliphatic heterocycles. The van der Waals surface area contributed by atoms with Gasteiger partial charge in [0.25, 0.3) is 0 Å². The zero-order valence-corrected chi connectivity index (χ0v) is 16.1. The Labute approximate surface area is 168 Å². The van der Waals surface area contributed by atoms with Crippen LogP contribution in [0.25, 0.3) is 17.5 Å². The summed E-state index contributed by atoms with van der Waals surface area (Å²) in [5.41, 5.74) is 3.63. The fourth-order valence-corrected chi connectivity index (χ4v) is 2.56. The number of nitrogens with one attached hydrogen (secondary N) is 1. The van der Waals surface area contributed by atoms with Gasteiger partial charge in [0, 0.05) is 23.4 Å². The Morgan fingerprint density at radius 3 is 2.46 bits per heavy atom. The van der Waals surface area contributed by atoms with Gasteiger partial charge in [0.2, 0.25) is 12.3 Å². The average molecular weight is 392 g/mol. The normalized spacial score (nSPS) is 9.43. The van der Waals surface area contributed by atoms with Gasteiger partial charge in [0.15, 0.2) is 0 Å². The van der Waals surface area contributed by atoms with Gasteiger partial charge in [-0.15, -0.1) is 10.2 Å². The molecule has 0 fully saturated rings. The molecule has 0 saturated carbocycles. The summed E-state index contributed by atoms with van der Waals surface area (Å²) >= 11 is 6.06. The van der Waals surface area contributed by atoms with E-state index < -0.39 is 0 Å². The lowest BCUT2D eigenvalue weighted by atomic mass is 10.1. The van der Waals surface area contributed by atoms with Crippen LogP contribution in [0.15, 0.2) is 53.8 Å². The van der Waals surface area contributed by atoms with Crippen LogP contribution in [0.4, 0.5) is 5.69 Å². The summed E-state index contributed by atoms with van der Waals surface area (Å²) in [7, 11) is 0. The molecule has 0 atom stereocenters. The first kappa shape index (κ1) is 20.7. The second-order valence-electron chi connectivity index (χ2n) is 5.56. The number of anilines is 1. The van der Waals surface area contributed by atoms with Crippen LogP contribution in [-0.4, -0.2) is 16.7 Å². The van der Waals surface area contributed by atoms with Crippen molar-refractivity contribution in [2.45, 2.75) is 13.3 Å². The van der Waals surface area contributed by atoms with Gasteiger partial charge in [-0.2, -0.15) is 10.5 Å². The summed E-state index contributed by atoms with van der Waals surface area (Å²) < 4.78 is 4.99. The minimum Gasteiger partial charge on any atom is -0.423 e. The number of nitriles is 2. The van der Waals surface area contributed by atoms with Crippen molar-refractivity contribution >= 4 is 23.4 Å². The highest BCUT2D eigenvalue weighted by atomic mass is 35.5. The molecule has 6 nitrogen and oxygen atoms in total. The molecule has 0 saturated heterocycles. The summed E-state index contributed by atoms with van der Waals surface area (Å²) in [6, 6.07) is 14.6. The zero-order chi connectivity index (χ0) is 20.4. The van der Waals surface area contributed by atoms with E-state index in [9.17, 15) is 0 Å². The van der Waals surface area contributed by atoms with E-state index in [0.717, 1.165) is 29.8 Å². The number of halogens is 1. The Bertz CT molecular complexity index is 999. The first-order chi connectivity index (χ1) is 13.6. The van der Waals surface area contributed by atoms with Crippen LogP contribution in [-0.2, 0) is 0 Å². The monoisotopic (exact) mass is 391 g/mol. The largest absolute Gasteiger partial charge is 0.423 e. The number of nitrogens with zero attached hydrogens (tertiary/aromatic N) is 4. The predicted octanol–water partition coefficient (Wildman–Crippen LogP) is 5.28. The van der Waals surface area contributed by atoms with Crippen LogP contribution in [0, 0.1) is 22.7 Å². The molecule has 0 unspecified atom stereocenters. The van der Waals surface area contributed by atoms with E-state index in [1.54, 1.807) is 36.4 Å². The summed E-state index contributed by atoms with van der Waals surface area (Å²) in [5.74, 6) is 0.462. The van der Waals surface area contributed by atoms with Crippen LogP contribution in [0.5, 0.6) is 0 Å². The molecule has 140 valence electrons. The van der Waals surface area contributed by atoms with Gasteiger partial charge in [-0.3, -0.25) is 0 Å². The van der Waals surface area contributed by atoms with Crippen LogP contribution >= 0.6 is 11.6 Å². The third kappa shape index (κ3) is 5.20. The van der Waals surface area contributed by atoms with Crippen molar-refractivity contribution in [1.29, 1.82) is 10.5 Å². The molecule has 28 heavy (non-hydrogen) atoms. The maximum absolute atomic E-state index is 8.82. The average Bonchev–Trinajstić information content (AvgIpc) is 3.28. The number of rotatable bonds is 5. The van der Waals surface area contributed by atoms with E-state index in [0.29, 0.717) is 22.0 Å². The fourth-order valence-electron chi connectivity index (χ4n) is 2.28. The molecule has 1 heterocycles. The Kier molecular flexibility index (Phi) is 7.77. The first-order valence-electron chi connectivity index (χ1n) is 8.50. The SMILES string of the molecule is C=Cc1c(NCCC)ccc(C#N)c1Cl.N#Cc1ccc(-c2nnco2)cc1. The maximum atomic E-state index is 8.82. The molecule has 3 aromatic rings. The molecule has 0 spiro atoms. The zero-order valence-electron chi connectivity index (χ0n) is 15.3. The lowest BCUT2D eigenvalue weighted by Gasteiger charge is -2.10. The van der Waals surface area contributed by atoms with E-state index in [2.05, 4.69) is 29.0 Å². The predicted molar refractivity (Wildman–Crippen MR) is 109 cm³/mol.